The minimum Gasteiger partial charge on any atom is -0.390 e. The van der Waals surface area contributed by atoms with Gasteiger partial charge in [0, 0.05) is 12.5 Å². The molecule has 0 radical (unpaired) electrons. The Hall–Kier alpha value is -0.480. The van der Waals surface area contributed by atoms with E-state index in [4.69, 9.17) is 9.63 Å². The van der Waals surface area contributed by atoms with E-state index in [1.807, 2.05) is 17.8 Å². The Morgan fingerprint density at radius 1 is 1.64 bits per heavy atom. The molecule has 2 rings (SSSR count). The predicted octanol–water partition coefficient (Wildman–Crippen LogP) is 1.85. The first-order valence-corrected chi connectivity index (χ1v) is 6.17. The van der Waals surface area contributed by atoms with E-state index in [0.717, 1.165) is 18.1 Å². The Labute approximate surface area is 87.9 Å². The minimum atomic E-state index is -0.0249. The van der Waals surface area contributed by atoms with Crippen molar-refractivity contribution in [1.82, 2.24) is 5.16 Å². The molecule has 1 aromatic heterocycles. The van der Waals surface area contributed by atoms with Crippen molar-refractivity contribution in [3.63, 3.8) is 0 Å². The van der Waals surface area contributed by atoms with E-state index in [2.05, 4.69) is 5.16 Å². The number of hydrogen-bond donors (Lipinski definition) is 1. The second-order valence-electron chi connectivity index (χ2n) is 3.73. The highest BCUT2D eigenvalue weighted by Gasteiger charge is 2.16. The lowest BCUT2D eigenvalue weighted by molar-refractivity contribution is 0.264. The predicted molar refractivity (Wildman–Crippen MR) is 56.2 cm³/mol. The maximum absolute atomic E-state index is 8.83. The van der Waals surface area contributed by atoms with Crippen LogP contribution in [0.25, 0.3) is 0 Å². The third-order valence-electron chi connectivity index (χ3n) is 2.51. The van der Waals surface area contributed by atoms with Crippen molar-refractivity contribution < 1.29 is 9.63 Å². The standard InChI is InChI=1S/C10H15NO2S/c12-6-9-5-10(13-11-9)4-8-2-1-3-14-7-8/h5,8,12H,1-4,6-7H2. The first-order valence-electron chi connectivity index (χ1n) is 5.01. The largest absolute Gasteiger partial charge is 0.390 e. The van der Waals surface area contributed by atoms with Gasteiger partial charge in [0.25, 0.3) is 0 Å². The quantitative estimate of drug-likeness (QED) is 0.832. The molecule has 0 saturated carbocycles. The Kier molecular flexibility index (Phi) is 3.48. The fourth-order valence-corrected chi connectivity index (χ4v) is 2.93. The van der Waals surface area contributed by atoms with E-state index >= 15 is 0 Å². The molecule has 1 aromatic rings. The van der Waals surface area contributed by atoms with Gasteiger partial charge in [0.15, 0.2) is 0 Å². The number of hydrogen-bond acceptors (Lipinski definition) is 4. The van der Waals surface area contributed by atoms with Crippen LogP contribution in [0.4, 0.5) is 0 Å². The van der Waals surface area contributed by atoms with Crippen LogP contribution in [0.2, 0.25) is 0 Å². The van der Waals surface area contributed by atoms with E-state index in [9.17, 15) is 0 Å². The van der Waals surface area contributed by atoms with Crippen LogP contribution in [0.15, 0.2) is 10.6 Å². The van der Waals surface area contributed by atoms with Crippen LogP contribution in [-0.2, 0) is 13.0 Å². The number of thioether (sulfide) groups is 1. The lowest BCUT2D eigenvalue weighted by Gasteiger charge is -2.19. The number of rotatable bonds is 3. The summed E-state index contributed by atoms with van der Waals surface area (Å²) >= 11 is 2.02. The maximum atomic E-state index is 8.83. The highest BCUT2D eigenvalue weighted by Crippen LogP contribution is 2.25. The van der Waals surface area contributed by atoms with Gasteiger partial charge in [-0.25, -0.2) is 0 Å². The average molecular weight is 213 g/mol. The summed E-state index contributed by atoms with van der Waals surface area (Å²) in [5, 5.41) is 12.6. The summed E-state index contributed by atoms with van der Waals surface area (Å²) in [6, 6.07) is 1.86. The van der Waals surface area contributed by atoms with Gasteiger partial charge >= 0.3 is 0 Å². The molecule has 2 heterocycles. The van der Waals surface area contributed by atoms with Crippen LogP contribution in [0, 0.1) is 5.92 Å². The highest BCUT2D eigenvalue weighted by molar-refractivity contribution is 7.99. The van der Waals surface area contributed by atoms with Gasteiger partial charge in [-0.2, -0.15) is 11.8 Å². The Morgan fingerprint density at radius 3 is 3.21 bits per heavy atom. The van der Waals surface area contributed by atoms with Crippen LogP contribution in [0.5, 0.6) is 0 Å². The van der Waals surface area contributed by atoms with Crippen molar-refractivity contribution in [2.75, 3.05) is 11.5 Å². The number of aromatic nitrogens is 1. The van der Waals surface area contributed by atoms with Crippen LogP contribution < -0.4 is 0 Å². The topological polar surface area (TPSA) is 46.3 Å². The first kappa shape index (κ1) is 10.1. The SMILES string of the molecule is OCc1cc(CC2CCCSC2)on1. The van der Waals surface area contributed by atoms with Gasteiger partial charge < -0.3 is 9.63 Å². The summed E-state index contributed by atoms with van der Waals surface area (Å²) in [7, 11) is 0. The molecule has 0 amide bonds. The van der Waals surface area contributed by atoms with Gasteiger partial charge in [0.1, 0.15) is 11.5 Å². The lowest BCUT2D eigenvalue weighted by atomic mass is 10.00. The van der Waals surface area contributed by atoms with E-state index < -0.39 is 0 Å². The Bertz CT molecular complexity index is 281. The monoisotopic (exact) mass is 213 g/mol. The van der Waals surface area contributed by atoms with Crippen LogP contribution >= 0.6 is 11.8 Å². The highest BCUT2D eigenvalue weighted by atomic mass is 32.2. The second-order valence-corrected chi connectivity index (χ2v) is 4.88. The van der Waals surface area contributed by atoms with Crippen LogP contribution in [0.1, 0.15) is 24.3 Å². The third kappa shape index (κ3) is 2.51. The summed E-state index contributed by atoms with van der Waals surface area (Å²) in [5.74, 6) is 4.18. The zero-order valence-electron chi connectivity index (χ0n) is 8.11. The van der Waals surface area contributed by atoms with Gasteiger partial charge in [0.05, 0.1) is 6.61 Å². The van der Waals surface area contributed by atoms with Crippen molar-refractivity contribution in [3.05, 3.63) is 17.5 Å². The second kappa shape index (κ2) is 4.84. The van der Waals surface area contributed by atoms with Crippen LogP contribution in [0.3, 0.4) is 0 Å². The molecule has 0 aromatic carbocycles. The van der Waals surface area contributed by atoms with Gasteiger partial charge in [-0.3, -0.25) is 0 Å². The fraction of sp³-hybridized carbons (Fsp3) is 0.700. The van der Waals surface area contributed by atoms with E-state index in [1.165, 1.54) is 24.3 Å². The molecule has 1 atom stereocenters. The molecule has 0 bridgehead atoms. The number of nitrogens with zero attached hydrogens (tertiary/aromatic N) is 1. The lowest BCUT2D eigenvalue weighted by Crippen LogP contribution is -2.12. The fourth-order valence-electron chi connectivity index (χ4n) is 1.78. The smallest absolute Gasteiger partial charge is 0.137 e. The molecule has 1 unspecified atom stereocenters. The van der Waals surface area contributed by atoms with Crippen molar-refractivity contribution in [3.8, 4) is 0 Å². The van der Waals surface area contributed by atoms with Gasteiger partial charge in [0.2, 0.25) is 0 Å². The summed E-state index contributed by atoms with van der Waals surface area (Å²) in [6.45, 7) is -0.0249. The zero-order valence-corrected chi connectivity index (χ0v) is 8.92. The molecule has 1 aliphatic heterocycles. The summed E-state index contributed by atoms with van der Waals surface area (Å²) in [4.78, 5) is 0. The summed E-state index contributed by atoms with van der Waals surface area (Å²) < 4.78 is 5.14. The first-order chi connectivity index (χ1) is 6.88. The molecule has 0 aliphatic carbocycles. The Balaban J connectivity index is 1.89. The van der Waals surface area contributed by atoms with Crippen molar-refractivity contribution >= 4 is 11.8 Å². The molecule has 3 nitrogen and oxygen atoms in total. The molecule has 78 valence electrons. The average Bonchev–Trinajstić information content (AvgIpc) is 2.67. The summed E-state index contributed by atoms with van der Waals surface area (Å²) in [5.41, 5.74) is 0.642. The molecule has 1 N–H and O–H groups in total. The molecule has 0 spiro atoms. The van der Waals surface area contributed by atoms with E-state index in [1.54, 1.807) is 0 Å². The van der Waals surface area contributed by atoms with E-state index in [0.29, 0.717) is 5.69 Å². The van der Waals surface area contributed by atoms with Crippen LogP contribution in [-0.4, -0.2) is 21.8 Å². The molecule has 14 heavy (non-hydrogen) atoms. The van der Waals surface area contributed by atoms with Crippen molar-refractivity contribution in [2.45, 2.75) is 25.9 Å². The normalized spacial score (nSPS) is 22.5. The third-order valence-corrected chi connectivity index (χ3v) is 3.80. The van der Waals surface area contributed by atoms with Gasteiger partial charge in [-0.1, -0.05) is 5.16 Å². The molecular weight excluding hydrogens is 198 g/mol. The summed E-state index contributed by atoms with van der Waals surface area (Å²) in [6.07, 6.45) is 3.58. The van der Waals surface area contributed by atoms with Crippen molar-refractivity contribution in [1.29, 1.82) is 0 Å². The number of aliphatic hydroxyl groups excluding tert-OH is 1. The number of aliphatic hydroxyl groups is 1. The van der Waals surface area contributed by atoms with E-state index in [-0.39, 0.29) is 6.61 Å². The van der Waals surface area contributed by atoms with Crippen molar-refractivity contribution in [2.24, 2.45) is 5.92 Å². The van der Waals surface area contributed by atoms with Gasteiger partial charge in [-0.15, -0.1) is 0 Å². The minimum absolute atomic E-state index is 0.0249. The molecule has 1 saturated heterocycles. The molecule has 1 fully saturated rings. The molecule has 1 aliphatic rings. The van der Waals surface area contributed by atoms with Gasteiger partial charge in [-0.05, 0) is 30.3 Å². The maximum Gasteiger partial charge on any atom is 0.137 e. The zero-order chi connectivity index (χ0) is 9.80. The molecular formula is C10H15NO2S. The molecule has 4 heteroatoms. The Morgan fingerprint density at radius 2 is 2.57 bits per heavy atom.